The fraction of sp³-hybridized carbons (Fsp3) is 0.739. The van der Waals surface area contributed by atoms with Gasteiger partial charge in [-0.1, -0.05) is 103 Å². The van der Waals surface area contributed by atoms with Crippen molar-refractivity contribution in [2.24, 2.45) is 17.8 Å². The van der Waals surface area contributed by atoms with Crippen LogP contribution in [0.3, 0.4) is 0 Å². The molecule has 1 aromatic rings. The third-order valence-electron chi connectivity index (χ3n) is 5.52. The topological polar surface area (TPSA) is 49.4 Å². The van der Waals surface area contributed by atoms with Crippen LogP contribution in [0, 0.1) is 17.8 Å². The van der Waals surface area contributed by atoms with Gasteiger partial charge < -0.3 is 8.74 Å². The summed E-state index contributed by atoms with van der Waals surface area (Å²) in [5.41, 5.74) is 1.16. The Labute approximate surface area is 169 Å². The van der Waals surface area contributed by atoms with Crippen molar-refractivity contribution >= 4 is 11.4 Å². The fourth-order valence-corrected chi connectivity index (χ4v) is 3.95. The third kappa shape index (κ3) is 12.4. The van der Waals surface area contributed by atoms with Gasteiger partial charge in [0, 0.05) is 5.92 Å². The van der Waals surface area contributed by atoms with Crippen molar-refractivity contribution in [2.75, 3.05) is 6.61 Å². The quantitative estimate of drug-likeness (QED) is 0.313. The first-order valence-electron chi connectivity index (χ1n) is 10.7. The molecule has 0 amide bonds. The molecule has 0 aliphatic carbocycles. The summed E-state index contributed by atoms with van der Waals surface area (Å²) < 4.78 is 26.4. The molecule has 0 saturated carbocycles. The third-order valence-corrected chi connectivity index (χ3v) is 5.85. The van der Waals surface area contributed by atoms with Gasteiger partial charge in [-0.3, -0.25) is 0 Å². The summed E-state index contributed by atoms with van der Waals surface area (Å²) in [7, 11) is 0. The zero-order valence-corrected chi connectivity index (χ0v) is 18.5. The number of hydrogen-bond donors (Lipinski definition) is 0. The molecule has 4 atom stereocenters. The Morgan fingerprint density at radius 1 is 0.852 bits per heavy atom. The highest BCUT2D eigenvalue weighted by Crippen LogP contribution is 2.27. The van der Waals surface area contributed by atoms with E-state index in [2.05, 4.69) is 39.8 Å². The Hall–Kier alpha value is -0.710. The van der Waals surface area contributed by atoms with Crippen molar-refractivity contribution in [1.29, 1.82) is 0 Å². The molecular formula is C23H39O3S-. The Bertz CT molecular complexity index is 504. The van der Waals surface area contributed by atoms with Crippen molar-refractivity contribution < 1.29 is 12.9 Å². The monoisotopic (exact) mass is 395 g/mol. The van der Waals surface area contributed by atoms with E-state index in [1.807, 2.05) is 18.2 Å². The molecular weight excluding hydrogens is 356 g/mol. The lowest BCUT2D eigenvalue weighted by atomic mass is 9.88. The second-order valence-electron chi connectivity index (χ2n) is 8.64. The van der Waals surface area contributed by atoms with Crippen molar-refractivity contribution in [3.05, 3.63) is 35.9 Å². The van der Waals surface area contributed by atoms with E-state index in [1.54, 1.807) is 0 Å². The minimum Gasteiger partial charge on any atom is -0.750 e. The van der Waals surface area contributed by atoms with E-state index in [1.165, 1.54) is 38.5 Å². The van der Waals surface area contributed by atoms with Gasteiger partial charge in [-0.2, -0.15) is 0 Å². The second kappa shape index (κ2) is 14.3. The first-order valence-corrected chi connectivity index (χ1v) is 11.7. The number of hydrogen-bond acceptors (Lipinski definition) is 3. The molecule has 0 radical (unpaired) electrons. The molecule has 0 fully saturated rings. The average molecular weight is 396 g/mol. The predicted octanol–water partition coefficient (Wildman–Crippen LogP) is 6.63. The van der Waals surface area contributed by atoms with Crippen molar-refractivity contribution in [3.63, 3.8) is 0 Å². The standard InChI is InChI=1S/C23H40O3S/c1-19(2)10-8-11-20(3)12-9-13-21(4)16-17-23(18-26-27(24)25)22-14-6-5-7-15-22/h5-7,14-15,19-21,23H,8-13,16-18H2,1-4H3,(H,24,25)/p-1. The Morgan fingerprint density at radius 3 is 1.96 bits per heavy atom. The number of benzene rings is 1. The lowest BCUT2D eigenvalue weighted by Gasteiger charge is -2.20. The molecule has 0 N–H and O–H groups in total. The minimum absolute atomic E-state index is 0.140. The summed E-state index contributed by atoms with van der Waals surface area (Å²) in [6, 6.07) is 10.1. The Morgan fingerprint density at radius 2 is 1.41 bits per heavy atom. The highest BCUT2D eigenvalue weighted by molar-refractivity contribution is 7.74. The van der Waals surface area contributed by atoms with Crippen molar-refractivity contribution in [2.45, 2.75) is 85.0 Å². The first kappa shape index (κ1) is 24.3. The molecule has 27 heavy (non-hydrogen) atoms. The predicted molar refractivity (Wildman–Crippen MR) is 114 cm³/mol. The van der Waals surface area contributed by atoms with Crippen LogP contribution in [-0.2, 0) is 15.5 Å². The Kier molecular flexibility index (Phi) is 12.9. The maximum atomic E-state index is 10.8. The van der Waals surface area contributed by atoms with Gasteiger partial charge in [0.1, 0.15) is 0 Å². The molecule has 0 saturated heterocycles. The summed E-state index contributed by atoms with van der Waals surface area (Å²) >= 11 is -2.44. The zero-order valence-electron chi connectivity index (χ0n) is 17.7. The first-order chi connectivity index (χ1) is 12.9. The molecule has 0 spiro atoms. The molecule has 0 aliphatic heterocycles. The smallest absolute Gasteiger partial charge is 0.0842 e. The maximum Gasteiger partial charge on any atom is 0.0842 e. The molecule has 1 aromatic carbocycles. The lowest BCUT2D eigenvalue weighted by Crippen LogP contribution is -2.11. The average Bonchev–Trinajstić information content (AvgIpc) is 2.62. The molecule has 156 valence electrons. The molecule has 0 aromatic heterocycles. The SMILES string of the molecule is CC(C)CCCC(C)CCCC(C)CCC(COS(=O)[O-])c1ccccc1. The van der Waals surface area contributed by atoms with Gasteiger partial charge in [0.05, 0.1) is 18.0 Å². The molecule has 3 nitrogen and oxygen atoms in total. The van der Waals surface area contributed by atoms with Crippen molar-refractivity contribution in [1.82, 2.24) is 0 Å². The minimum atomic E-state index is -2.44. The lowest BCUT2D eigenvalue weighted by molar-refractivity contribution is 0.264. The summed E-state index contributed by atoms with van der Waals surface area (Å²) in [6.45, 7) is 9.54. The second-order valence-corrected chi connectivity index (χ2v) is 9.28. The summed E-state index contributed by atoms with van der Waals surface area (Å²) in [5.74, 6) is 2.45. The number of rotatable bonds is 15. The van der Waals surface area contributed by atoms with Gasteiger partial charge in [0.15, 0.2) is 0 Å². The molecule has 0 heterocycles. The van der Waals surface area contributed by atoms with Crippen LogP contribution in [0.5, 0.6) is 0 Å². The molecule has 4 unspecified atom stereocenters. The van der Waals surface area contributed by atoms with E-state index in [-0.39, 0.29) is 12.5 Å². The van der Waals surface area contributed by atoms with Gasteiger partial charge in [0.25, 0.3) is 0 Å². The Balaban J connectivity index is 2.30. The maximum absolute atomic E-state index is 10.8. The summed E-state index contributed by atoms with van der Waals surface area (Å²) in [4.78, 5) is 0. The highest BCUT2D eigenvalue weighted by Gasteiger charge is 2.14. The van der Waals surface area contributed by atoms with Crippen LogP contribution >= 0.6 is 0 Å². The van der Waals surface area contributed by atoms with Crippen LogP contribution in [-0.4, -0.2) is 15.4 Å². The van der Waals surface area contributed by atoms with Crippen LogP contribution < -0.4 is 0 Å². The van der Waals surface area contributed by atoms with Crippen molar-refractivity contribution in [3.8, 4) is 0 Å². The molecule has 1 rings (SSSR count). The van der Waals surface area contributed by atoms with Gasteiger partial charge in [0.2, 0.25) is 0 Å². The van der Waals surface area contributed by atoms with E-state index in [9.17, 15) is 8.76 Å². The van der Waals surface area contributed by atoms with E-state index < -0.39 is 11.4 Å². The van der Waals surface area contributed by atoms with Crippen LogP contribution in [0.15, 0.2) is 30.3 Å². The van der Waals surface area contributed by atoms with E-state index in [4.69, 9.17) is 4.18 Å². The molecule has 0 bridgehead atoms. The van der Waals surface area contributed by atoms with E-state index in [0.717, 1.165) is 30.2 Å². The normalized spacial score (nSPS) is 16.2. The van der Waals surface area contributed by atoms with Crippen LogP contribution in [0.2, 0.25) is 0 Å². The van der Waals surface area contributed by atoms with Gasteiger partial charge in [-0.05, 0) is 29.7 Å². The largest absolute Gasteiger partial charge is 0.750 e. The van der Waals surface area contributed by atoms with E-state index in [0.29, 0.717) is 5.92 Å². The highest BCUT2D eigenvalue weighted by atomic mass is 32.2. The summed E-state index contributed by atoms with van der Waals surface area (Å²) in [6.07, 6.45) is 10.00. The van der Waals surface area contributed by atoms with Gasteiger partial charge in [-0.25, -0.2) is 4.21 Å². The molecule has 4 heteroatoms. The molecule has 0 aliphatic rings. The van der Waals surface area contributed by atoms with Crippen LogP contribution in [0.25, 0.3) is 0 Å². The fourth-order valence-electron chi connectivity index (χ4n) is 3.67. The van der Waals surface area contributed by atoms with Gasteiger partial charge in [-0.15, -0.1) is 0 Å². The van der Waals surface area contributed by atoms with E-state index >= 15 is 0 Å². The van der Waals surface area contributed by atoms with Crippen LogP contribution in [0.1, 0.15) is 90.5 Å². The van der Waals surface area contributed by atoms with Gasteiger partial charge >= 0.3 is 0 Å². The zero-order chi connectivity index (χ0) is 20.1. The summed E-state index contributed by atoms with van der Waals surface area (Å²) in [5, 5.41) is 0. The van der Waals surface area contributed by atoms with Crippen LogP contribution in [0.4, 0.5) is 0 Å².